The summed E-state index contributed by atoms with van der Waals surface area (Å²) in [6, 6.07) is 10.1. The normalized spacial score (nSPS) is 21.9. The third-order valence-corrected chi connectivity index (χ3v) is 3.78. The minimum Gasteiger partial charge on any atom is -0.377 e. The van der Waals surface area contributed by atoms with Crippen molar-refractivity contribution in [3.8, 4) is 0 Å². The van der Waals surface area contributed by atoms with Gasteiger partial charge in [-0.2, -0.15) is 0 Å². The van der Waals surface area contributed by atoms with E-state index in [2.05, 4.69) is 22.8 Å². The number of carbonyl (C=O) groups excluding carboxylic acids is 1. The fraction of sp³-hybridized carbons (Fsp3) is 0.562. The van der Waals surface area contributed by atoms with Gasteiger partial charge < -0.3 is 15.4 Å². The second-order valence-electron chi connectivity index (χ2n) is 5.64. The highest BCUT2D eigenvalue weighted by atomic mass is 16.5. The zero-order valence-corrected chi connectivity index (χ0v) is 12.2. The molecule has 1 aliphatic heterocycles. The van der Waals surface area contributed by atoms with Crippen molar-refractivity contribution in [1.29, 1.82) is 0 Å². The first-order chi connectivity index (χ1) is 9.71. The van der Waals surface area contributed by atoms with Gasteiger partial charge in [0.05, 0.1) is 12.0 Å². The molecule has 1 amide bonds. The summed E-state index contributed by atoms with van der Waals surface area (Å²) in [6.07, 6.45) is 1.77. The fourth-order valence-electron chi connectivity index (χ4n) is 2.36. The van der Waals surface area contributed by atoms with Crippen LogP contribution in [0.15, 0.2) is 30.3 Å². The van der Waals surface area contributed by atoms with Gasteiger partial charge in [0.15, 0.2) is 0 Å². The van der Waals surface area contributed by atoms with Crippen LogP contribution in [0.1, 0.15) is 25.3 Å². The molecular weight excluding hydrogens is 252 g/mol. The largest absolute Gasteiger partial charge is 0.377 e. The van der Waals surface area contributed by atoms with Gasteiger partial charge in [-0.15, -0.1) is 0 Å². The number of amides is 1. The molecule has 1 atom stereocenters. The van der Waals surface area contributed by atoms with Crippen LogP contribution in [-0.4, -0.2) is 32.1 Å². The SMILES string of the molecule is CC1(C(=O)NCCCOCc2ccccc2)CCNC1. The molecule has 0 spiro atoms. The molecule has 0 aromatic heterocycles. The molecule has 4 nitrogen and oxygen atoms in total. The van der Waals surface area contributed by atoms with Crippen LogP contribution in [0, 0.1) is 5.41 Å². The Morgan fingerprint density at radius 2 is 2.20 bits per heavy atom. The van der Waals surface area contributed by atoms with Crippen LogP contribution in [0.5, 0.6) is 0 Å². The third kappa shape index (κ3) is 4.32. The number of hydrogen-bond acceptors (Lipinski definition) is 3. The summed E-state index contributed by atoms with van der Waals surface area (Å²) in [6.45, 7) is 5.73. The molecule has 1 aliphatic rings. The zero-order valence-electron chi connectivity index (χ0n) is 12.2. The molecule has 2 N–H and O–H groups in total. The summed E-state index contributed by atoms with van der Waals surface area (Å²) in [5.74, 6) is 0.158. The summed E-state index contributed by atoms with van der Waals surface area (Å²) in [5.41, 5.74) is 0.950. The molecular formula is C16H24N2O2. The summed E-state index contributed by atoms with van der Waals surface area (Å²) in [5, 5.41) is 6.24. The third-order valence-electron chi connectivity index (χ3n) is 3.78. The maximum absolute atomic E-state index is 12.0. The van der Waals surface area contributed by atoms with E-state index in [1.807, 2.05) is 25.1 Å². The van der Waals surface area contributed by atoms with Crippen molar-refractivity contribution in [3.63, 3.8) is 0 Å². The summed E-state index contributed by atoms with van der Waals surface area (Å²) < 4.78 is 5.59. The van der Waals surface area contributed by atoms with E-state index >= 15 is 0 Å². The molecule has 1 fully saturated rings. The van der Waals surface area contributed by atoms with Gasteiger partial charge in [0.2, 0.25) is 5.91 Å². The van der Waals surface area contributed by atoms with Crippen LogP contribution in [0.2, 0.25) is 0 Å². The van der Waals surface area contributed by atoms with Crippen molar-refractivity contribution in [2.24, 2.45) is 5.41 Å². The van der Waals surface area contributed by atoms with Gasteiger partial charge in [0, 0.05) is 19.7 Å². The first kappa shape index (κ1) is 15.0. The lowest BCUT2D eigenvalue weighted by Gasteiger charge is -2.21. The van der Waals surface area contributed by atoms with Gasteiger partial charge in [-0.3, -0.25) is 4.79 Å². The van der Waals surface area contributed by atoms with Crippen LogP contribution in [0.4, 0.5) is 0 Å². The van der Waals surface area contributed by atoms with Crippen molar-refractivity contribution in [3.05, 3.63) is 35.9 Å². The molecule has 1 unspecified atom stereocenters. The Hall–Kier alpha value is -1.39. The van der Waals surface area contributed by atoms with Crippen molar-refractivity contribution in [1.82, 2.24) is 10.6 Å². The molecule has 0 aliphatic carbocycles. The Labute approximate surface area is 120 Å². The average Bonchev–Trinajstić information content (AvgIpc) is 2.92. The minimum absolute atomic E-state index is 0.158. The standard InChI is InChI=1S/C16H24N2O2/c1-16(8-10-17-13-16)15(19)18-9-5-11-20-12-14-6-3-2-4-7-14/h2-4,6-7,17H,5,8-13H2,1H3,(H,18,19). The van der Waals surface area contributed by atoms with E-state index in [1.54, 1.807) is 0 Å². The number of hydrogen-bond donors (Lipinski definition) is 2. The number of rotatable bonds is 7. The molecule has 1 aromatic rings. The van der Waals surface area contributed by atoms with Crippen LogP contribution in [0.25, 0.3) is 0 Å². The van der Waals surface area contributed by atoms with E-state index in [9.17, 15) is 4.79 Å². The Morgan fingerprint density at radius 3 is 2.90 bits per heavy atom. The minimum atomic E-state index is -0.231. The summed E-state index contributed by atoms with van der Waals surface area (Å²) in [4.78, 5) is 12.0. The topological polar surface area (TPSA) is 50.4 Å². The quantitative estimate of drug-likeness (QED) is 0.745. The Morgan fingerprint density at radius 1 is 1.40 bits per heavy atom. The Balaban J connectivity index is 1.54. The van der Waals surface area contributed by atoms with Crippen molar-refractivity contribution < 1.29 is 9.53 Å². The number of carbonyl (C=O) groups is 1. The monoisotopic (exact) mass is 276 g/mol. The predicted molar refractivity (Wildman–Crippen MR) is 79.3 cm³/mol. The van der Waals surface area contributed by atoms with E-state index in [0.717, 1.165) is 25.9 Å². The second-order valence-corrected chi connectivity index (χ2v) is 5.64. The number of nitrogens with one attached hydrogen (secondary N) is 2. The van der Waals surface area contributed by atoms with Crippen LogP contribution in [-0.2, 0) is 16.1 Å². The van der Waals surface area contributed by atoms with Crippen LogP contribution >= 0.6 is 0 Å². The molecule has 0 saturated carbocycles. The lowest BCUT2D eigenvalue weighted by atomic mass is 9.89. The Bertz CT molecular complexity index is 414. The smallest absolute Gasteiger partial charge is 0.227 e. The molecule has 0 radical (unpaired) electrons. The van der Waals surface area contributed by atoms with Crippen molar-refractivity contribution in [2.45, 2.75) is 26.4 Å². The van der Waals surface area contributed by atoms with Crippen molar-refractivity contribution >= 4 is 5.91 Å². The fourth-order valence-corrected chi connectivity index (χ4v) is 2.36. The molecule has 110 valence electrons. The van der Waals surface area contributed by atoms with Gasteiger partial charge in [-0.25, -0.2) is 0 Å². The molecule has 1 heterocycles. The van der Waals surface area contributed by atoms with E-state index < -0.39 is 0 Å². The van der Waals surface area contributed by atoms with Crippen LogP contribution in [0.3, 0.4) is 0 Å². The second kappa shape index (κ2) is 7.41. The van der Waals surface area contributed by atoms with Gasteiger partial charge in [-0.1, -0.05) is 30.3 Å². The molecule has 1 saturated heterocycles. The van der Waals surface area contributed by atoms with E-state index in [-0.39, 0.29) is 11.3 Å². The van der Waals surface area contributed by atoms with Gasteiger partial charge in [0.1, 0.15) is 0 Å². The van der Waals surface area contributed by atoms with E-state index in [1.165, 1.54) is 5.56 Å². The number of ether oxygens (including phenoxy) is 1. The molecule has 1 aromatic carbocycles. The van der Waals surface area contributed by atoms with E-state index in [4.69, 9.17) is 4.74 Å². The van der Waals surface area contributed by atoms with Gasteiger partial charge >= 0.3 is 0 Å². The predicted octanol–water partition coefficient (Wildman–Crippen LogP) is 1.71. The molecule has 0 bridgehead atoms. The summed E-state index contributed by atoms with van der Waals surface area (Å²) >= 11 is 0. The Kier molecular flexibility index (Phi) is 5.56. The zero-order chi connectivity index (χ0) is 14.3. The summed E-state index contributed by atoms with van der Waals surface area (Å²) in [7, 11) is 0. The van der Waals surface area contributed by atoms with Gasteiger partial charge in [-0.05, 0) is 31.9 Å². The lowest BCUT2D eigenvalue weighted by molar-refractivity contribution is -0.129. The average molecular weight is 276 g/mol. The maximum Gasteiger partial charge on any atom is 0.227 e. The highest BCUT2D eigenvalue weighted by Crippen LogP contribution is 2.24. The lowest BCUT2D eigenvalue weighted by Crippen LogP contribution is -2.40. The van der Waals surface area contributed by atoms with Gasteiger partial charge in [0.25, 0.3) is 0 Å². The van der Waals surface area contributed by atoms with Crippen molar-refractivity contribution in [2.75, 3.05) is 26.2 Å². The highest BCUT2D eigenvalue weighted by molar-refractivity contribution is 5.82. The first-order valence-corrected chi connectivity index (χ1v) is 7.31. The highest BCUT2D eigenvalue weighted by Gasteiger charge is 2.35. The molecule has 20 heavy (non-hydrogen) atoms. The molecule has 4 heteroatoms. The first-order valence-electron chi connectivity index (χ1n) is 7.31. The van der Waals surface area contributed by atoms with Crippen LogP contribution < -0.4 is 10.6 Å². The van der Waals surface area contributed by atoms with E-state index in [0.29, 0.717) is 19.8 Å². The number of benzene rings is 1. The maximum atomic E-state index is 12.0. The molecule has 2 rings (SSSR count).